The van der Waals surface area contributed by atoms with Crippen molar-refractivity contribution in [2.75, 3.05) is 5.73 Å². The van der Waals surface area contributed by atoms with Crippen LogP contribution in [0, 0.1) is 0 Å². The van der Waals surface area contributed by atoms with E-state index in [4.69, 9.17) is 28.9 Å². The van der Waals surface area contributed by atoms with Crippen LogP contribution in [-0.2, 0) is 15.6 Å². The second-order valence-electron chi connectivity index (χ2n) is 4.04. The number of nitrogen functional groups attached to an aromatic ring is 1. The molecule has 2 aromatic carbocycles. The van der Waals surface area contributed by atoms with Crippen LogP contribution in [0.2, 0.25) is 10.0 Å². The van der Waals surface area contributed by atoms with Crippen LogP contribution in [0.3, 0.4) is 0 Å². The lowest BCUT2D eigenvalue weighted by Crippen LogP contribution is -2.06. The Bertz CT molecular complexity index is 714. The van der Waals surface area contributed by atoms with Crippen molar-refractivity contribution in [3.8, 4) is 0 Å². The van der Waals surface area contributed by atoms with Gasteiger partial charge in [-0.3, -0.25) is 0 Å². The molecule has 0 spiro atoms. The Balaban J connectivity index is 2.39. The Morgan fingerprint density at radius 1 is 1.05 bits per heavy atom. The molecule has 6 heteroatoms. The van der Waals surface area contributed by atoms with Crippen LogP contribution in [0.15, 0.2) is 47.4 Å². The summed E-state index contributed by atoms with van der Waals surface area (Å²) in [4.78, 5) is 0.170. The third-order valence-electron chi connectivity index (χ3n) is 2.59. The van der Waals surface area contributed by atoms with E-state index in [1.54, 1.807) is 30.3 Å². The van der Waals surface area contributed by atoms with Crippen molar-refractivity contribution in [3.63, 3.8) is 0 Å². The predicted octanol–water partition coefficient (Wildman–Crippen LogP) is 3.55. The van der Waals surface area contributed by atoms with Crippen LogP contribution in [0.5, 0.6) is 0 Å². The summed E-state index contributed by atoms with van der Waals surface area (Å²) in [5.41, 5.74) is 6.46. The van der Waals surface area contributed by atoms with E-state index in [-0.39, 0.29) is 15.7 Å². The molecule has 0 saturated heterocycles. The van der Waals surface area contributed by atoms with Gasteiger partial charge in [-0.2, -0.15) is 0 Å². The first-order valence-electron chi connectivity index (χ1n) is 5.41. The van der Waals surface area contributed by atoms with Gasteiger partial charge in [-0.25, -0.2) is 8.42 Å². The standard InChI is InChI=1S/C13H11Cl2NO2S/c14-12-6-1-3-9(13(12)15)8-19(17,18)11-5-2-4-10(16)7-11/h1-7H,8,16H2. The average Bonchev–Trinajstić information content (AvgIpc) is 2.35. The second kappa shape index (κ2) is 5.41. The predicted molar refractivity (Wildman–Crippen MR) is 78.2 cm³/mol. The smallest absolute Gasteiger partial charge is 0.182 e. The topological polar surface area (TPSA) is 60.2 Å². The fourth-order valence-corrected chi connectivity index (χ4v) is 3.54. The highest BCUT2D eigenvalue weighted by atomic mass is 35.5. The lowest BCUT2D eigenvalue weighted by atomic mass is 10.2. The van der Waals surface area contributed by atoms with Gasteiger partial charge in [0.25, 0.3) is 0 Å². The third-order valence-corrected chi connectivity index (χ3v) is 5.12. The summed E-state index contributed by atoms with van der Waals surface area (Å²) in [5.74, 6) is -0.212. The van der Waals surface area contributed by atoms with Gasteiger partial charge in [0.05, 0.1) is 20.7 Å². The van der Waals surface area contributed by atoms with E-state index in [0.717, 1.165) is 0 Å². The molecule has 0 aliphatic rings. The first-order chi connectivity index (χ1) is 8.90. The van der Waals surface area contributed by atoms with Gasteiger partial charge in [-0.1, -0.05) is 41.4 Å². The first kappa shape index (κ1) is 14.2. The number of halogens is 2. The second-order valence-corrected chi connectivity index (χ2v) is 6.82. The number of hydrogen-bond acceptors (Lipinski definition) is 3. The number of sulfone groups is 1. The summed E-state index contributed by atoms with van der Waals surface area (Å²) >= 11 is 11.9. The lowest BCUT2D eigenvalue weighted by Gasteiger charge is -2.08. The summed E-state index contributed by atoms with van der Waals surface area (Å²) < 4.78 is 24.5. The maximum atomic E-state index is 12.3. The molecule has 100 valence electrons. The van der Waals surface area contributed by atoms with E-state index in [1.165, 1.54) is 12.1 Å². The summed E-state index contributed by atoms with van der Waals surface area (Å²) in [7, 11) is -3.50. The molecule has 0 radical (unpaired) electrons. The molecule has 0 atom stereocenters. The van der Waals surface area contributed by atoms with Crippen molar-refractivity contribution < 1.29 is 8.42 Å². The van der Waals surface area contributed by atoms with Crippen LogP contribution in [0.1, 0.15) is 5.56 Å². The van der Waals surface area contributed by atoms with Gasteiger partial charge >= 0.3 is 0 Å². The highest BCUT2D eigenvalue weighted by Crippen LogP contribution is 2.28. The van der Waals surface area contributed by atoms with Gasteiger partial charge in [0.2, 0.25) is 0 Å². The number of nitrogens with two attached hydrogens (primary N) is 1. The Morgan fingerprint density at radius 3 is 2.42 bits per heavy atom. The van der Waals surface area contributed by atoms with Crippen LogP contribution >= 0.6 is 23.2 Å². The van der Waals surface area contributed by atoms with Gasteiger partial charge < -0.3 is 5.73 Å². The van der Waals surface area contributed by atoms with E-state index in [1.807, 2.05) is 0 Å². The molecule has 0 bridgehead atoms. The van der Waals surface area contributed by atoms with Crippen molar-refractivity contribution in [1.29, 1.82) is 0 Å². The summed E-state index contributed by atoms with van der Waals surface area (Å²) in [6, 6.07) is 11.1. The van der Waals surface area contributed by atoms with Gasteiger partial charge in [0.15, 0.2) is 9.84 Å². The Kier molecular flexibility index (Phi) is 4.04. The highest BCUT2D eigenvalue weighted by Gasteiger charge is 2.18. The zero-order valence-corrected chi connectivity index (χ0v) is 12.1. The zero-order valence-electron chi connectivity index (χ0n) is 9.81. The zero-order chi connectivity index (χ0) is 14.0. The van der Waals surface area contributed by atoms with Crippen molar-refractivity contribution in [2.24, 2.45) is 0 Å². The van der Waals surface area contributed by atoms with Crippen molar-refractivity contribution in [3.05, 3.63) is 58.1 Å². The van der Waals surface area contributed by atoms with Gasteiger partial charge in [-0.15, -0.1) is 0 Å². The van der Waals surface area contributed by atoms with E-state index in [9.17, 15) is 8.42 Å². The molecular formula is C13H11Cl2NO2S. The minimum atomic E-state index is -3.50. The Labute approximate surface area is 121 Å². The molecule has 0 aliphatic carbocycles. The molecular weight excluding hydrogens is 305 g/mol. The summed E-state index contributed by atoms with van der Waals surface area (Å²) in [5, 5.41) is 0.596. The van der Waals surface area contributed by atoms with E-state index in [2.05, 4.69) is 0 Å². The number of benzene rings is 2. The molecule has 2 rings (SSSR count). The van der Waals surface area contributed by atoms with Crippen LogP contribution in [0.25, 0.3) is 0 Å². The van der Waals surface area contributed by atoms with E-state index >= 15 is 0 Å². The first-order valence-corrected chi connectivity index (χ1v) is 7.82. The van der Waals surface area contributed by atoms with E-state index in [0.29, 0.717) is 16.3 Å². The summed E-state index contributed by atoms with van der Waals surface area (Å²) in [6.45, 7) is 0. The molecule has 0 fully saturated rings. The molecule has 19 heavy (non-hydrogen) atoms. The van der Waals surface area contributed by atoms with Crippen LogP contribution in [-0.4, -0.2) is 8.42 Å². The molecule has 0 saturated carbocycles. The highest BCUT2D eigenvalue weighted by molar-refractivity contribution is 7.90. The Morgan fingerprint density at radius 2 is 1.74 bits per heavy atom. The molecule has 2 N–H and O–H groups in total. The number of rotatable bonds is 3. The monoisotopic (exact) mass is 315 g/mol. The average molecular weight is 316 g/mol. The number of anilines is 1. The SMILES string of the molecule is Nc1cccc(S(=O)(=O)Cc2cccc(Cl)c2Cl)c1. The largest absolute Gasteiger partial charge is 0.399 e. The lowest BCUT2D eigenvalue weighted by molar-refractivity contribution is 0.595. The maximum absolute atomic E-state index is 12.3. The fraction of sp³-hybridized carbons (Fsp3) is 0.0769. The van der Waals surface area contributed by atoms with Crippen LogP contribution in [0.4, 0.5) is 5.69 Å². The van der Waals surface area contributed by atoms with Crippen molar-refractivity contribution in [2.45, 2.75) is 10.6 Å². The normalized spacial score (nSPS) is 11.5. The summed E-state index contributed by atoms with van der Waals surface area (Å²) in [6.07, 6.45) is 0. The van der Waals surface area contributed by atoms with Crippen LogP contribution < -0.4 is 5.73 Å². The number of hydrogen-bond donors (Lipinski definition) is 1. The third kappa shape index (κ3) is 3.21. The minimum absolute atomic E-state index is 0.170. The molecule has 0 unspecified atom stereocenters. The molecule has 0 aromatic heterocycles. The quantitative estimate of drug-likeness (QED) is 0.881. The maximum Gasteiger partial charge on any atom is 0.182 e. The van der Waals surface area contributed by atoms with Gasteiger partial charge in [0.1, 0.15) is 0 Å². The van der Waals surface area contributed by atoms with Crippen molar-refractivity contribution >= 4 is 38.7 Å². The molecule has 0 aliphatic heterocycles. The molecule has 2 aromatic rings. The van der Waals surface area contributed by atoms with Crippen molar-refractivity contribution in [1.82, 2.24) is 0 Å². The minimum Gasteiger partial charge on any atom is -0.399 e. The Hall–Kier alpha value is -1.23. The molecule has 3 nitrogen and oxygen atoms in total. The van der Waals surface area contributed by atoms with E-state index < -0.39 is 9.84 Å². The molecule has 0 heterocycles. The molecule has 0 amide bonds. The van der Waals surface area contributed by atoms with Gasteiger partial charge in [0, 0.05) is 5.69 Å². The van der Waals surface area contributed by atoms with Gasteiger partial charge in [-0.05, 0) is 29.8 Å². The fourth-order valence-electron chi connectivity index (χ4n) is 1.66.